The smallest absolute Gasteiger partial charge is 0.309 e. The molecule has 2 N–H and O–H groups in total. The second kappa shape index (κ2) is 11.1. The minimum Gasteiger partial charge on any atom is -0.458 e. The van der Waals surface area contributed by atoms with E-state index >= 15 is 0 Å². The molecule has 2 aliphatic rings. The first-order chi connectivity index (χ1) is 16.8. The highest BCUT2D eigenvalue weighted by molar-refractivity contribution is 7.09. The number of ether oxygens (including phenoxy) is 2. The molecule has 0 unspecified atom stereocenters. The maximum atomic E-state index is 13.2. The summed E-state index contributed by atoms with van der Waals surface area (Å²) in [5, 5.41) is 34.4. The van der Waals surface area contributed by atoms with Crippen molar-refractivity contribution in [2.45, 2.75) is 104 Å². The summed E-state index contributed by atoms with van der Waals surface area (Å²) in [6.07, 6.45) is 0.311. The van der Waals surface area contributed by atoms with E-state index in [1.54, 1.807) is 20.8 Å². The lowest BCUT2D eigenvalue weighted by molar-refractivity contribution is -0.154. The van der Waals surface area contributed by atoms with Crippen molar-refractivity contribution in [2.75, 3.05) is 0 Å². The van der Waals surface area contributed by atoms with Crippen molar-refractivity contribution in [1.82, 2.24) is 4.98 Å². The summed E-state index contributed by atoms with van der Waals surface area (Å²) in [5.41, 5.74) is -0.682. The van der Waals surface area contributed by atoms with Gasteiger partial charge in [0.05, 0.1) is 34.7 Å². The van der Waals surface area contributed by atoms with Crippen LogP contribution in [0.15, 0.2) is 11.0 Å². The van der Waals surface area contributed by atoms with Crippen LogP contribution in [-0.2, 0) is 19.1 Å². The average Bonchev–Trinajstić information content (AvgIpc) is 3.35. The number of hydrogen-bond acceptors (Lipinski definition) is 9. The Morgan fingerprint density at radius 3 is 2.61 bits per heavy atom. The molecule has 0 aliphatic carbocycles. The molecule has 3 rings (SSSR count). The number of aliphatic hydroxyl groups excluding tert-OH is 2. The summed E-state index contributed by atoms with van der Waals surface area (Å²) in [6.45, 7) is 10.5. The molecule has 2 fully saturated rings. The Bertz CT molecular complexity index is 1040. The number of thiazole rings is 1. The Morgan fingerprint density at radius 1 is 1.31 bits per heavy atom. The predicted molar refractivity (Wildman–Crippen MR) is 136 cm³/mol. The molecule has 0 amide bonds. The van der Waals surface area contributed by atoms with Crippen LogP contribution in [0, 0.1) is 35.5 Å². The van der Waals surface area contributed by atoms with Crippen LogP contribution in [0.3, 0.4) is 0 Å². The molecule has 8 nitrogen and oxygen atoms in total. The number of nitrogens with zero attached hydrogens (tertiary/aromatic N) is 2. The van der Waals surface area contributed by atoms with Gasteiger partial charge in [-0.15, -0.1) is 11.3 Å². The van der Waals surface area contributed by atoms with E-state index in [1.807, 2.05) is 32.2 Å². The SMILES string of the molecule is CC(=Cc1csc(C)n1)[C@@H]1C[C@@H]2O[C@]2(C#N)CCC[C@H](C)[C@H](O)[C@@H](C)C(=O)C(C)(C)[C@@H](O)CC(=O)O1. The second-order valence-electron chi connectivity index (χ2n) is 11.0. The molecule has 198 valence electrons. The van der Waals surface area contributed by atoms with Crippen molar-refractivity contribution in [3.63, 3.8) is 0 Å². The number of fused-ring (bicyclic) bond motifs is 1. The third kappa shape index (κ3) is 6.23. The van der Waals surface area contributed by atoms with E-state index in [9.17, 15) is 25.1 Å². The normalized spacial score (nSPS) is 36.5. The lowest BCUT2D eigenvalue weighted by Gasteiger charge is -2.34. The van der Waals surface area contributed by atoms with Gasteiger partial charge in [0, 0.05) is 17.7 Å². The second-order valence-corrected chi connectivity index (χ2v) is 12.0. The minimum absolute atomic E-state index is 0.179. The molecule has 36 heavy (non-hydrogen) atoms. The molecule has 2 saturated heterocycles. The van der Waals surface area contributed by atoms with E-state index in [-0.39, 0.29) is 18.1 Å². The number of rotatable bonds is 2. The summed E-state index contributed by atoms with van der Waals surface area (Å²) in [6, 6.07) is 2.29. The summed E-state index contributed by atoms with van der Waals surface area (Å²) in [4.78, 5) is 30.6. The Balaban J connectivity index is 1.89. The molecule has 1 aromatic heterocycles. The maximum absolute atomic E-state index is 13.2. The van der Waals surface area contributed by atoms with Gasteiger partial charge in [0.1, 0.15) is 24.1 Å². The number of epoxide rings is 1. The van der Waals surface area contributed by atoms with E-state index in [1.165, 1.54) is 11.3 Å². The van der Waals surface area contributed by atoms with Gasteiger partial charge in [0.25, 0.3) is 0 Å². The lowest BCUT2D eigenvalue weighted by atomic mass is 9.73. The number of aromatic nitrogens is 1. The molecule has 7 atom stereocenters. The zero-order valence-electron chi connectivity index (χ0n) is 22.0. The van der Waals surface area contributed by atoms with Gasteiger partial charge >= 0.3 is 5.97 Å². The third-order valence-electron chi connectivity index (χ3n) is 7.77. The first-order valence-corrected chi connectivity index (χ1v) is 13.5. The molecule has 0 radical (unpaired) electrons. The molecule has 0 saturated carbocycles. The third-order valence-corrected chi connectivity index (χ3v) is 8.56. The molecule has 0 aromatic carbocycles. The number of carbonyl (C=O) groups is 2. The fourth-order valence-corrected chi connectivity index (χ4v) is 5.57. The molecule has 3 heterocycles. The number of aryl methyl sites for hydroxylation is 1. The number of cyclic esters (lactones) is 1. The summed E-state index contributed by atoms with van der Waals surface area (Å²) in [7, 11) is 0. The van der Waals surface area contributed by atoms with Crippen LogP contribution in [0.25, 0.3) is 6.08 Å². The fraction of sp³-hybridized carbons (Fsp3) is 0.704. The van der Waals surface area contributed by atoms with E-state index < -0.39 is 47.3 Å². The topological polar surface area (TPSA) is 133 Å². The van der Waals surface area contributed by atoms with Gasteiger partial charge in [0.2, 0.25) is 0 Å². The number of Topliss-reactive ketones (excluding diaryl/α,β-unsaturated/α-hetero) is 1. The number of ketones is 1. The highest BCUT2D eigenvalue weighted by Crippen LogP contribution is 2.45. The van der Waals surface area contributed by atoms with Crippen LogP contribution >= 0.6 is 11.3 Å². The molecule has 0 spiro atoms. The Labute approximate surface area is 217 Å². The molecule has 0 bridgehead atoms. The summed E-state index contributed by atoms with van der Waals surface area (Å²) < 4.78 is 11.6. The van der Waals surface area contributed by atoms with Gasteiger partial charge < -0.3 is 19.7 Å². The number of esters is 1. The van der Waals surface area contributed by atoms with E-state index in [0.29, 0.717) is 25.7 Å². The van der Waals surface area contributed by atoms with Crippen LogP contribution in [0.4, 0.5) is 0 Å². The quantitative estimate of drug-likeness (QED) is 0.444. The molecule has 2 aliphatic heterocycles. The monoisotopic (exact) mass is 518 g/mol. The van der Waals surface area contributed by atoms with E-state index in [4.69, 9.17) is 9.47 Å². The maximum Gasteiger partial charge on any atom is 0.309 e. The first kappa shape index (κ1) is 28.5. The fourth-order valence-electron chi connectivity index (χ4n) is 5.00. The van der Waals surface area contributed by atoms with Crippen LogP contribution in [0.1, 0.15) is 77.4 Å². The van der Waals surface area contributed by atoms with Gasteiger partial charge in [-0.05, 0) is 50.7 Å². The van der Waals surface area contributed by atoms with Gasteiger partial charge in [-0.25, -0.2) is 4.98 Å². The molecule has 1 aromatic rings. The summed E-state index contributed by atoms with van der Waals surface area (Å²) in [5.74, 6) is -1.85. The molecular formula is C27H38N2O6S. The predicted octanol–water partition coefficient (Wildman–Crippen LogP) is 3.98. The van der Waals surface area contributed by atoms with Crippen LogP contribution in [0.2, 0.25) is 0 Å². The van der Waals surface area contributed by atoms with Crippen molar-refractivity contribution in [2.24, 2.45) is 17.3 Å². The number of nitriles is 1. The van der Waals surface area contributed by atoms with Gasteiger partial charge in [0.15, 0.2) is 5.60 Å². The van der Waals surface area contributed by atoms with Crippen molar-refractivity contribution >= 4 is 29.2 Å². The zero-order chi connectivity index (χ0) is 26.8. The largest absolute Gasteiger partial charge is 0.458 e. The van der Waals surface area contributed by atoms with Crippen molar-refractivity contribution in [3.05, 3.63) is 21.7 Å². The zero-order valence-corrected chi connectivity index (χ0v) is 22.8. The van der Waals surface area contributed by atoms with E-state index in [2.05, 4.69) is 11.1 Å². The van der Waals surface area contributed by atoms with Crippen LogP contribution in [0.5, 0.6) is 0 Å². The van der Waals surface area contributed by atoms with Crippen molar-refractivity contribution in [3.8, 4) is 6.07 Å². The highest BCUT2D eigenvalue weighted by Gasteiger charge is 2.57. The van der Waals surface area contributed by atoms with Crippen molar-refractivity contribution < 1.29 is 29.3 Å². The Hall–Kier alpha value is -2.12. The summed E-state index contributed by atoms with van der Waals surface area (Å²) >= 11 is 1.52. The number of carbonyl (C=O) groups excluding carboxylic acids is 2. The van der Waals surface area contributed by atoms with Crippen LogP contribution in [-0.4, -0.2) is 57.0 Å². The number of aliphatic hydroxyl groups is 2. The average molecular weight is 519 g/mol. The number of hydrogen-bond donors (Lipinski definition) is 2. The minimum atomic E-state index is -1.28. The van der Waals surface area contributed by atoms with Crippen LogP contribution < -0.4 is 0 Å². The lowest BCUT2D eigenvalue weighted by Crippen LogP contribution is -2.45. The van der Waals surface area contributed by atoms with Gasteiger partial charge in [-0.2, -0.15) is 5.26 Å². The van der Waals surface area contributed by atoms with Gasteiger partial charge in [-0.3, -0.25) is 9.59 Å². The van der Waals surface area contributed by atoms with Crippen molar-refractivity contribution in [1.29, 1.82) is 5.26 Å². The first-order valence-electron chi connectivity index (χ1n) is 12.6. The molecule has 9 heteroatoms. The highest BCUT2D eigenvalue weighted by atomic mass is 32.1. The Kier molecular flexibility index (Phi) is 8.77. The molecular weight excluding hydrogens is 480 g/mol. The van der Waals surface area contributed by atoms with Gasteiger partial charge in [-0.1, -0.05) is 27.7 Å². The standard InChI is InChI=1S/C27H38N2O6S/c1-15-8-7-9-27(14-28)22(35-27)11-20(16(2)10-19-13-36-18(4)29-19)34-23(31)12-21(30)26(5,6)25(33)17(3)24(15)32/h10,13,15,17,20-22,24,30,32H,7-9,11-12H2,1-6H3/t15-,17+,20-,21-,22-,24-,27-/m0/s1. The Morgan fingerprint density at radius 2 is 2.00 bits per heavy atom. The van der Waals surface area contributed by atoms with E-state index in [0.717, 1.165) is 16.3 Å².